The highest BCUT2D eigenvalue weighted by atomic mass is 79.9. The first-order valence-electron chi connectivity index (χ1n) is 6.33. The summed E-state index contributed by atoms with van der Waals surface area (Å²) in [5.41, 5.74) is 4.03. The molecular weight excluding hydrogens is 386 g/mol. The van der Waals surface area contributed by atoms with Crippen LogP contribution in [-0.2, 0) is 6.42 Å². The zero-order chi connectivity index (χ0) is 13.8. The van der Waals surface area contributed by atoms with Crippen molar-refractivity contribution >= 4 is 43.2 Å². The van der Waals surface area contributed by atoms with E-state index in [-0.39, 0.29) is 0 Å². The Labute approximate surface area is 135 Å². The molecule has 0 saturated carbocycles. The summed E-state index contributed by atoms with van der Waals surface area (Å²) in [6.07, 6.45) is 1.01. The largest absolute Gasteiger partial charge is 0.310 e. The number of hydrogen-bond donors (Lipinski definition) is 1. The number of benzene rings is 1. The highest BCUT2D eigenvalue weighted by molar-refractivity contribution is 9.12. The molecule has 0 bridgehead atoms. The SMILES string of the molecule is CCNC(Cc1cccc(C)c1)c1cc(Br)sc1Br. The molecule has 0 aliphatic carbocycles. The lowest BCUT2D eigenvalue weighted by Gasteiger charge is -2.18. The summed E-state index contributed by atoms with van der Waals surface area (Å²) in [6.45, 7) is 5.26. The predicted molar refractivity (Wildman–Crippen MR) is 91.0 cm³/mol. The number of thiophene rings is 1. The quantitative estimate of drug-likeness (QED) is 0.698. The van der Waals surface area contributed by atoms with Gasteiger partial charge in [-0.05, 0) is 68.9 Å². The first-order chi connectivity index (χ1) is 9.10. The van der Waals surface area contributed by atoms with Crippen molar-refractivity contribution in [3.05, 3.63) is 54.6 Å². The first-order valence-corrected chi connectivity index (χ1v) is 8.74. The number of likely N-dealkylation sites (N-methyl/N-ethyl adjacent to an activating group) is 1. The van der Waals surface area contributed by atoms with Crippen LogP contribution in [0.5, 0.6) is 0 Å². The molecule has 19 heavy (non-hydrogen) atoms. The van der Waals surface area contributed by atoms with Gasteiger partial charge in [0.05, 0.1) is 7.57 Å². The van der Waals surface area contributed by atoms with Crippen LogP contribution < -0.4 is 5.32 Å². The molecule has 0 spiro atoms. The summed E-state index contributed by atoms with van der Waals surface area (Å²) >= 11 is 8.95. The minimum absolute atomic E-state index is 0.351. The fourth-order valence-corrected chi connectivity index (χ4v) is 5.18. The minimum Gasteiger partial charge on any atom is -0.310 e. The zero-order valence-corrected chi connectivity index (χ0v) is 15.0. The molecule has 0 amide bonds. The second-order valence-corrected chi connectivity index (χ2v) is 8.33. The van der Waals surface area contributed by atoms with Crippen LogP contribution in [0.2, 0.25) is 0 Å². The molecule has 1 N–H and O–H groups in total. The highest BCUT2D eigenvalue weighted by Crippen LogP contribution is 2.36. The number of halogens is 2. The van der Waals surface area contributed by atoms with Crippen molar-refractivity contribution in [2.75, 3.05) is 6.54 Å². The van der Waals surface area contributed by atoms with Gasteiger partial charge in [0, 0.05) is 6.04 Å². The molecule has 102 valence electrons. The number of nitrogens with one attached hydrogen (secondary N) is 1. The molecule has 1 unspecified atom stereocenters. The van der Waals surface area contributed by atoms with Gasteiger partial charge in [0.2, 0.25) is 0 Å². The smallest absolute Gasteiger partial charge is 0.0758 e. The number of hydrogen-bond acceptors (Lipinski definition) is 2. The molecule has 1 heterocycles. The van der Waals surface area contributed by atoms with Crippen molar-refractivity contribution in [1.82, 2.24) is 5.32 Å². The van der Waals surface area contributed by atoms with Crippen molar-refractivity contribution in [2.24, 2.45) is 0 Å². The predicted octanol–water partition coefficient (Wildman–Crippen LogP) is 5.47. The second-order valence-electron chi connectivity index (χ2n) is 4.58. The van der Waals surface area contributed by atoms with E-state index in [0.29, 0.717) is 6.04 Å². The van der Waals surface area contributed by atoms with Crippen LogP contribution in [0, 0.1) is 6.92 Å². The third kappa shape index (κ3) is 4.15. The Kier molecular flexibility index (Phi) is 5.63. The van der Waals surface area contributed by atoms with Gasteiger partial charge in [-0.3, -0.25) is 0 Å². The molecule has 2 rings (SSSR count). The van der Waals surface area contributed by atoms with Gasteiger partial charge in [-0.25, -0.2) is 0 Å². The fraction of sp³-hybridized carbons (Fsp3) is 0.333. The minimum atomic E-state index is 0.351. The third-order valence-electron chi connectivity index (χ3n) is 3.03. The lowest BCUT2D eigenvalue weighted by molar-refractivity contribution is 0.549. The van der Waals surface area contributed by atoms with Crippen molar-refractivity contribution in [3.8, 4) is 0 Å². The number of rotatable bonds is 5. The summed E-state index contributed by atoms with van der Waals surface area (Å²) in [5, 5.41) is 3.58. The van der Waals surface area contributed by atoms with Crippen LogP contribution in [0.3, 0.4) is 0 Å². The summed E-state index contributed by atoms with van der Waals surface area (Å²) in [5.74, 6) is 0. The molecule has 0 saturated heterocycles. The van der Waals surface area contributed by atoms with E-state index in [1.807, 2.05) is 0 Å². The molecule has 0 fully saturated rings. The summed E-state index contributed by atoms with van der Waals surface area (Å²) in [4.78, 5) is 0. The van der Waals surface area contributed by atoms with Crippen LogP contribution in [0.25, 0.3) is 0 Å². The van der Waals surface area contributed by atoms with Crippen molar-refractivity contribution in [3.63, 3.8) is 0 Å². The fourth-order valence-electron chi connectivity index (χ4n) is 2.20. The third-order valence-corrected chi connectivity index (χ3v) is 5.42. The van der Waals surface area contributed by atoms with Crippen LogP contribution >= 0.6 is 43.2 Å². The summed E-state index contributed by atoms with van der Waals surface area (Å²) < 4.78 is 2.37. The van der Waals surface area contributed by atoms with Gasteiger partial charge in [-0.15, -0.1) is 11.3 Å². The van der Waals surface area contributed by atoms with E-state index in [2.05, 4.69) is 81.4 Å². The lowest BCUT2D eigenvalue weighted by atomic mass is 10.00. The molecule has 0 aliphatic rings. The van der Waals surface area contributed by atoms with Crippen molar-refractivity contribution in [2.45, 2.75) is 26.3 Å². The van der Waals surface area contributed by atoms with E-state index in [1.54, 1.807) is 11.3 Å². The van der Waals surface area contributed by atoms with Crippen LogP contribution in [0.4, 0.5) is 0 Å². The molecule has 1 nitrogen and oxygen atoms in total. The average molecular weight is 403 g/mol. The van der Waals surface area contributed by atoms with E-state index < -0.39 is 0 Å². The normalized spacial score (nSPS) is 12.6. The molecule has 2 aromatic rings. The average Bonchev–Trinajstić information content (AvgIpc) is 2.68. The molecular formula is C15H17Br2NS. The van der Waals surface area contributed by atoms with E-state index in [9.17, 15) is 0 Å². The molecule has 1 aromatic carbocycles. The van der Waals surface area contributed by atoms with E-state index in [0.717, 1.165) is 13.0 Å². The van der Waals surface area contributed by atoms with Crippen molar-refractivity contribution in [1.29, 1.82) is 0 Å². The van der Waals surface area contributed by atoms with E-state index in [4.69, 9.17) is 0 Å². The monoisotopic (exact) mass is 401 g/mol. The molecule has 0 aliphatic heterocycles. The lowest BCUT2D eigenvalue weighted by Crippen LogP contribution is -2.22. The second kappa shape index (κ2) is 7.02. The van der Waals surface area contributed by atoms with Gasteiger partial charge in [0.15, 0.2) is 0 Å². The van der Waals surface area contributed by atoms with Gasteiger partial charge < -0.3 is 5.32 Å². The van der Waals surface area contributed by atoms with E-state index in [1.165, 1.54) is 24.3 Å². The Bertz CT molecular complexity index is 551. The van der Waals surface area contributed by atoms with Crippen LogP contribution in [-0.4, -0.2) is 6.54 Å². The van der Waals surface area contributed by atoms with Crippen LogP contribution in [0.15, 0.2) is 37.9 Å². The standard InChI is InChI=1S/C15H17Br2NS/c1-3-18-13(12-9-14(16)19-15(12)17)8-11-6-4-5-10(2)7-11/h4-7,9,13,18H,3,8H2,1-2H3. The van der Waals surface area contributed by atoms with Gasteiger partial charge in [0.1, 0.15) is 0 Å². The summed E-state index contributed by atoms with van der Waals surface area (Å²) in [7, 11) is 0. The Morgan fingerprint density at radius 1 is 1.26 bits per heavy atom. The van der Waals surface area contributed by atoms with Gasteiger partial charge >= 0.3 is 0 Å². The topological polar surface area (TPSA) is 12.0 Å². The molecule has 1 aromatic heterocycles. The zero-order valence-electron chi connectivity index (χ0n) is 11.0. The Morgan fingerprint density at radius 2 is 2.05 bits per heavy atom. The van der Waals surface area contributed by atoms with Crippen LogP contribution in [0.1, 0.15) is 29.7 Å². The molecule has 4 heteroatoms. The maximum absolute atomic E-state index is 3.66. The first kappa shape index (κ1) is 15.2. The maximum Gasteiger partial charge on any atom is 0.0758 e. The highest BCUT2D eigenvalue weighted by Gasteiger charge is 2.16. The summed E-state index contributed by atoms with van der Waals surface area (Å²) in [6, 6.07) is 11.3. The molecule has 1 atom stereocenters. The maximum atomic E-state index is 3.66. The van der Waals surface area contributed by atoms with Gasteiger partial charge in [0.25, 0.3) is 0 Å². The van der Waals surface area contributed by atoms with E-state index >= 15 is 0 Å². The van der Waals surface area contributed by atoms with Gasteiger partial charge in [-0.1, -0.05) is 36.8 Å². The Balaban J connectivity index is 2.23. The molecule has 0 radical (unpaired) electrons. The Morgan fingerprint density at radius 3 is 2.63 bits per heavy atom. The number of aryl methyl sites for hydroxylation is 1. The Hall–Kier alpha value is -0.160. The van der Waals surface area contributed by atoms with Crippen molar-refractivity contribution < 1.29 is 0 Å². The van der Waals surface area contributed by atoms with Gasteiger partial charge in [-0.2, -0.15) is 0 Å².